The molecular weight excluding hydrogens is 778 g/mol. The first kappa shape index (κ1) is 39.8. The zero-order chi connectivity index (χ0) is 40.8. The third-order valence-corrected chi connectivity index (χ3v) is 14.0. The van der Waals surface area contributed by atoms with Gasteiger partial charge in [-0.2, -0.15) is 13.2 Å². The number of alkyl halides is 3. The maximum Gasteiger partial charge on any atom is 0.434 e. The molecule has 5 heterocycles. The maximum absolute atomic E-state index is 14.5. The Morgan fingerprint density at radius 1 is 1.05 bits per heavy atom. The molecule has 0 bridgehead atoms. The summed E-state index contributed by atoms with van der Waals surface area (Å²) >= 11 is 0. The summed E-state index contributed by atoms with van der Waals surface area (Å²) in [5, 5.41) is 15.5. The third kappa shape index (κ3) is 8.30. The van der Waals surface area contributed by atoms with E-state index in [1.54, 1.807) is 35.2 Å². The van der Waals surface area contributed by atoms with E-state index < -0.39 is 49.1 Å². The van der Waals surface area contributed by atoms with Crippen LogP contribution < -0.4 is 19.7 Å². The van der Waals surface area contributed by atoms with E-state index in [2.05, 4.69) is 37.0 Å². The Balaban J connectivity index is 1.05. The average molecular weight is 825 g/mol. The number of piperidine rings is 1. The molecule has 0 radical (unpaired) electrons. The minimum absolute atomic E-state index is 0.0554. The molecule has 0 atom stereocenters. The number of nitro groups is 1. The van der Waals surface area contributed by atoms with E-state index in [-0.39, 0.29) is 29.5 Å². The van der Waals surface area contributed by atoms with E-state index in [0.29, 0.717) is 34.5 Å². The highest BCUT2D eigenvalue weighted by Gasteiger charge is 2.48. The van der Waals surface area contributed by atoms with E-state index in [1.807, 2.05) is 0 Å². The largest absolute Gasteiger partial charge is 0.455 e. The predicted molar refractivity (Wildman–Crippen MR) is 210 cm³/mol. The zero-order valence-corrected chi connectivity index (χ0v) is 33.0. The Hall–Kier alpha value is -4.97. The van der Waals surface area contributed by atoms with Crippen molar-refractivity contribution in [1.82, 2.24) is 24.6 Å². The second kappa shape index (κ2) is 15.7. The monoisotopic (exact) mass is 824 g/mol. The molecule has 1 aromatic carbocycles. The van der Waals surface area contributed by atoms with Gasteiger partial charge in [0.2, 0.25) is 5.82 Å². The molecule has 1 spiro atoms. The molecule has 4 fully saturated rings. The summed E-state index contributed by atoms with van der Waals surface area (Å²) in [4.78, 5) is 39.0. The number of pyridine rings is 2. The zero-order valence-electron chi connectivity index (χ0n) is 32.2. The Morgan fingerprint density at radius 3 is 2.47 bits per heavy atom. The molecule has 0 unspecified atom stereocenters. The summed E-state index contributed by atoms with van der Waals surface area (Å²) in [5.41, 5.74) is -1.54. The number of rotatable bonds is 11. The van der Waals surface area contributed by atoms with Crippen molar-refractivity contribution < 1.29 is 36.0 Å². The molecule has 310 valence electrons. The highest BCUT2D eigenvalue weighted by Crippen LogP contribution is 2.52. The van der Waals surface area contributed by atoms with Crippen molar-refractivity contribution in [1.29, 1.82) is 0 Å². The highest BCUT2D eigenvalue weighted by molar-refractivity contribution is 7.90. The van der Waals surface area contributed by atoms with Gasteiger partial charge >= 0.3 is 11.9 Å². The number of amides is 1. The van der Waals surface area contributed by atoms with Crippen LogP contribution >= 0.6 is 0 Å². The Labute approximate surface area is 334 Å². The number of sulfonamides is 1. The quantitative estimate of drug-likeness (QED) is 0.0991. The van der Waals surface area contributed by atoms with Crippen molar-refractivity contribution in [3.8, 4) is 11.5 Å². The van der Waals surface area contributed by atoms with Crippen LogP contribution in [0.3, 0.4) is 0 Å². The van der Waals surface area contributed by atoms with Crippen molar-refractivity contribution in [3.05, 3.63) is 70.2 Å². The van der Waals surface area contributed by atoms with Crippen LogP contribution in [0.5, 0.6) is 11.5 Å². The van der Waals surface area contributed by atoms with Crippen molar-refractivity contribution in [2.75, 3.05) is 42.9 Å². The fraction of sp³-hybridized carbons (Fsp3) is 0.525. The fourth-order valence-corrected chi connectivity index (χ4v) is 10.3. The molecule has 8 rings (SSSR count). The van der Waals surface area contributed by atoms with Crippen molar-refractivity contribution in [2.45, 2.75) is 88.2 Å². The number of hydrogen-bond donors (Lipinski definition) is 3. The number of halogens is 3. The van der Waals surface area contributed by atoms with Crippen LogP contribution in [-0.2, 0) is 16.2 Å². The van der Waals surface area contributed by atoms with Crippen LogP contribution in [0.25, 0.3) is 11.0 Å². The molecule has 2 saturated heterocycles. The van der Waals surface area contributed by atoms with Crippen LogP contribution in [-0.4, -0.2) is 77.9 Å². The molecule has 2 aliphatic heterocycles. The molecule has 3 aromatic heterocycles. The Kier molecular flexibility index (Phi) is 10.8. The number of likely N-dealkylation sites (tertiary alicyclic amines) is 1. The van der Waals surface area contributed by atoms with E-state index in [1.165, 1.54) is 51.0 Å². The van der Waals surface area contributed by atoms with Gasteiger partial charge in [-0.3, -0.25) is 14.9 Å². The van der Waals surface area contributed by atoms with E-state index in [9.17, 15) is 36.5 Å². The molecule has 4 aliphatic rings. The number of carbonyl (C=O) groups excluding carboxylic acids is 1. The van der Waals surface area contributed by atoms with Crippen molar-refractivity contribution in [2.24, 2.45) is 17.3 Å². The number of nitrogens with one attached hydrogen (secondary N) is 3. The highest BCUT2D eigenvalue weighted by atomic mass is 32.2. The van der Waals surface area contributed by atoms with E-state index in [0.717, 1.165) is 57.3 Å². The minimum atomic E-state index is -5.40. The number of nitrogens with zero attached hydrogens (tertiary/aromatic N) is 5. The van der Waals surface area contributed by atoms with E-state index >= 15 is 0 Å². The van der Waals surface area contributed by atoms with Gasteiger partial charge in [-0.25, -0.2) is 23.1 Å². The lowest BCUT2D eigenvalue weighted by atomic mass is 9.60. The smallest absolute Gasteiger partial charge is 0.434 e. The van der Waals surface area contributed by atoms with Crippen molar-refractivity contribution >= 4 is 44.2 Å². The SMILES string of the molecule is C[C@H]1CC[C@@H](CNc2nc(C(F)(F)F)c(S(=O)(=O)NC(=O)c3ccc(N4CCC5(CC4)CC(N4CCCC4)C5)cc3Oc3cnc4[nH]ccc4c3)cc2[N+](=O)[O-])CC1. The number of fused-ring (bicyclic) bond motifs is 1. The van der Waals surface area contributed by atoms with Gasteiger partial charge in [0.15, 0.2) is 5.69 Å². The van der Waals surface area contributed by atoms with Gasteiger partial charge < -0.3 is 24.8 Å². The summed E-state index contributed by atoms with van der Waals surface area (Å²) in [6.45, 7) is 6.11. The molecule has 58 heavy (non-hydrogen) atoms. The predicted octanol–water partition coefficient (Wildman–Crippen LogP) is 7.88. The molecule has 18 heteroatoms. The molecule has 14 nitrogen and oxygen atoms in total. The van der Waals surface area contributed by atoms with Crippen LogP contribution in [0.4, 0.5) is 30.4 Å². The number of aromatic amines is 1. The molecule has 3 N–H and O–H groups in total. The minimum Gasteiger partial charge on any atom is -0.455 e. The Morgan fingerprint density at radius 2 is 1.78 bits per heavy atom. The summed E-state index contributed by atoms with van der Waals surface area (Å²) < 4.78 is 78.8. The molecule has 2 aliphatic carbocycles. The average Bonchev–Trinajstić information content (AvgIpc) is 3.89. The van der Waals surface area contributed by atoms with Gasteiger partial charge in [0.1, 0.15) is 22.0 Å². The first-order valence-corrected chi connectivity index (χ1v) is 21.5. The second-order valence-corrected chi connectivity index (χ2v) is 18.2. The van der Waals surface area contributed by atoms with Crippen LogP contribution in [0.15, 0.2) is 53.7 Å². The summed E-state index contributed by atoms with van der Waals surface area (Å²) in [6.07, 6.45) is 8.06. The lowest BCUT2D eigenvalue weighted by Gasteiger charge is -2.55. The van der Waals surface area contributed by atoms with Gasteiger partial charge in [-0.05, 0) is 106 Å². The van der Waals surface area contributed by atoms with E-state index in [4.69, 9.17) is 4.74 Å². The summed E-state index contributed by atoms with van der Waals surface area (Å²) in [6, 6.07) is 9.00. The number of ether oxygens (including phenoxy) is 1. The molecule has 2 saturated carbocycles. The second-order valence-electron chi connectivity index (χ2n) is 16.6. The van der Waals surface area contributed by atoms with Crippen LogP contribution in [0, 0.1) is 27.4 Å². The Bertz CT molecular complexity index is 2290. The number of aromatic nitrogens is 3. The topological polar surface area (TPSA) is 176 Å². The van der Waals surface area contributed by atoms with Gasteiger partial charge in [0.05, 0.1) is 16.7 Å². The standard InChI is InChI=1S/C40H47F3N8O6S/c1-25-4-6-26(7-5-25)23-45-37-32(51(53)54)20-34(35(47-37)40(41,42)43)58(55,56)48-38(52)31-9-8-28(19-33(31)57-30-18-27-10-13-44-36(27)46-24-30)50-16-11-39(12-17-50)21-29(22-39)49-14-2-3-15-49/h8-10,13,18-20,24-26,29H,2-7,11-12,14-17,21-23H2,1H3,(H,44,46)(H,45,47)(H,48,52)/t25-,26+. The maximum atomic E-state index is 14.5. The molecular formula is C40H47F3N8O6S. The molecule has 1 amide bonds. The van der Waals surface area contributed by atoms with Gasteiger partial charge in [0, 0.05) is 55.1 Å². The number of carbonyl (C=O) groups is 1. The van der Waals surface area contributed by atoms with Gasteiger partial charge in [-0.15, -0.1) is 0 Å². The lowest BCUT2D eigenvalue weighted by Crippen LogP contribution is -2.54. The summed E-state index contributed by atoms with van der Waals surface area (Å²) in [5.74, 6) is -1.27. The van der Waals surface area contributed by atoms with Crippen LogP contribution in [0.1, 0.15) is 87.2 Å². The van der Waals surface area contributed by atoms with Crippen molar-refractivity contribution in [3.63, 3.8) is 0 Å². The fourth-order valence-electron chi connectivity index (χ4n) is 9.20. The van der Waals surface area contributed by atoms with Gasteiger partial charge in [0.25, 0.3) is 15.9 Å². The number of anilines is 2. The first-order valence-electron chi connectivity index (χ1n) is 20.0. The number of H-pyrrole nitrogens is 1. The summed E-state index contributed by atoms with van der Waals surface area (Å²) in [7, 11) is -5.40. The number of hydrogen-bond acceptors (Lipinski definition) is 11. The lowest BCUT2D eigenvalue weighted by molar-refractivity contribution is -0.384. The number of benzene rings is 1. The molecule has 4 aromatic rings. The normalized spacial score (nSPS) is 21.6. The van der Waals surface area contributed by atoms with Gasteiger partial charge in [-0.1, -0.05) is 19.8 Å². The third-order valence-electron chi connectivity index (χ3n) is 12.6. The van der Waals surface area contributed by atoms with Crippen LogP contribution in [0.2, 0.25) is 0 Å². The first-order chi connectivity index (χ1) is 27.7.